The predicted molar refractivity (Wildman–Crippen MR) is 196 cm³/mol. The minimum atomic E-state index is -1.23. The Bertz CT molecular complexity index is 2050. The van der Waals surface area contributed by atoms with Crippen LogP contribution in [0.15, 0.2) is 126 Å². The predicted octanol–water partition coefficient (Wildman–Crippen LogP) is 11.1. The van der Waals surface area contributed by atoms with Crippen molar-refractivity contribution in [3.63, 3.8) is 0 Å². The van der Waals surface area contributed by atoms with Gasteiger partial charge in [-0.1, -0.05) is 111 Å². The molecule has 0 aliphatic carbocycles. The average molecular weight is 809 g/mol. The van der Waals surface area contributed by atoms with Crippen LogP contribution in [0.1, 0.15) is 38.2 Å². The molecule has 0 atom stereocenters. The van der Waals surface area contributed by atoms with E-state index in [2.05, 4.69) is 128 Å². The first-order valence-electron chi connectivity index (χ1n) is 16.2. The van der Waals surface area contributed by atoms with Crippen LogP contribution in [-0.4, -0.2) is 18.0 Å². The Balaban J connectivity index is 0.000000217. The fourth-order valence-corrected chi connectivity index (χ4v) is 6.92. The molecule has 0 aliphatic rings. The van der Waals surface area contributed by atoms with E-state index in [1.807, 2.05) is 48.8 Å². The second-order valence-corrected chi connectivity index (χ2v) is 17.8. The first kappa shape index (κ1) is 34.2. The van der Waals surface area contributed by atoms with E-state index in [0.717, 1.165) is 62.9 Å². The molecule has 0 aliphatic heterocycles. The van der Waals surface area contributed by atoms with E-state index >= 15 is 0 Å². The Kier molecular flexibility index (Phi) is 11.0. The zero-order valence-electron chi connectivity index (χ0n) is 27.7. The molecule has 5 heteroatoms. The number of hydrogen-bond acceptors (Lipinski definition) is 3. The summed E-state index contributed by atoms with van der Waals surface area (Å²) in [4.78, 5) is 9.17. The molecule has 47 heavy (non-hydrogen) atoms. The quantitative estimate of drug-likeness (QED) is 0.119. The van der Waals surface area contributed by atoms with Gasteiger partial charge in [0.1, 0.15) is 5.58 Å². The first-order chi connectivity index (χ1) is 22.4. The van der Waals surface area contributed by atoms with Crippen molar-refractivity contribution in [2.75, 3.05) is 0 Å². The summed E-state index contributed by atoms with van der Waals surface area (Å²) >= 11 is 0. The fourth-order valence-electron chi connectivity index (χ4n) is 5.89. The molecular formula is C42H40IrN2OSi-2. The van der Waals surface area contributed by atoms with Gasteiger partial charge >= 0.3 is 0 Å². The smallest absolute Gasteiger partial charge is 0.121 e. The van der Waals surface area contributed by atoms with Crippen molar-refractivity contribution in [2.24, 2.45) is 0 Å². The molecule has 3 aromatic heterocycles. The second kappa shape index (κ2) is 15.2. The third kappa shape index (κ3) is 7.71. The monoisotopic (exact) mass is 809 g/mol. The van der Waals surface area contributed by atoms with Gasteiger partial charge in [-0.2, -0.15) is 0 Å². The van der Waals surface area contributed by atoms with Gasteiger partial charge in [-0.25, -0.2) is 0 Å². The van der Waals surface area contributed by atoms with Crippen LogP contribution < -0.4 is 5.19 Å². The van der Waals surface area contributed by atoms with E-state index in [1.165, 1.54) is 16.3 Å². The number of rotatable bonds is 7. The van der Waals surface area contributed by atoms with Crippen molar-refractivity contribution >= 4 is 35.2 Å². The zero-order valence-corrected chi connectivity index (χ0v) is 31.1. The zero-order chi connectivity index (χ0) is 32.1. The Morgan fingerprint density at radius 1 is 0.702 bits per heavy atom. The molecule has 0 N–H and O–H groups in total. The largest absolute Gasteiger partial charge is 0.501 e. The van der Waals surface area contributed by atoms with Crippen LogP contribution in [0.3, 0.4) is 0 Å². The van der Waals surface area contributed by atoms with E-state index in [4.69, 9.17) is 4.42 Å². The van der Waals surface area contributed by atoms with Crippen molar-refractivity contribution in [1.82, 2.24) is 9.97 Å². The van der Waals surface area contributed by atoms with Gasteiger partial charge in [-0.05, 0) is 58.6 Å². The van der Waals surface area contributed by atoms with Crippen LogP contribution in [0.5, 0.6) is 0 Å². The van der Waals surface area contributed by atoms with Crippen LogP contribution in [0, 0.1) is 12.1 Å². The molecule has 0 fully saturated rings. The molecule has 0 unspecified atom stereocenters. The van der Waals surface area contributed by atoms with Gasteiger partial charge < -0.3 is 14.4 Å². The van der Waals surface area contributed by atoms with Crippen LogP contribution >= 0.6 is 0 Å². The summed E-state index contributed by atoms with van der Waals surface area (Å²) in [6.07, 6.45) is 6.18. The summed E-state index contributed by atoms with van der Waals surface area (Å²) in [5, 5.41) is 3.62. The third-order valence-corrected chi connectivity index (χ3v) is 10.7. The molecule has 0 saturated heterocycles. The number of fused-ring (bicyclic) bond motifs is 3. The molecule has 0 spiro atoms. The van der Waals surface area contributed by atoms with E-state index in [9.17, 15) is 0 Å². The molecule has 0 bridgehead atoms. The molecule has 4 aromatic carbocycles. The summed E-state index contributed by atoms with van der Waals surface area (Å²) in [5.41, 5.74) is 9.33. The van der Waals surface area contributed by atoms with Crippen molar-refractivity contribution in [2.45, 2.75) is 52.2 Å². The van der Waals surface area contributed by atoms with Crippen molar-refractivity contribution in [3.8, 4) is 33.6 Å². The molecule has 1 radical (unpaired) electrons. The summed E-state index contributed by atoms with van der Waals surface area (Å²) in [5.74, 6) is 0.551. The minimum absolute atomic E-state index is 0. The van der Waals surface area contributed by atoms with Crippen molar-refractivity contribution < 1.29 is 24.5 Å². The number of pyridine rings is 2. The van der Waals surface area contributed by atoms with Gasteiger partial charge in [0.25, 0.3) is 0 Å². The SMILES string of the molecule is CCC(CC)c1ccnc(-c2[c-]ccc3c2oc2cc(-c4ccccc4)ccc23)c1.C[Si](C)(C)c1ccc(-c2[c-]cccc2)nc1.[Ir]. The molecule has 239 valence electrons. The van der Waals surface area contributed by atoms with Crippen LogP contribution in [0.2, 0.25) is 19.6 Å². The number of aromatic nitrogens is 2. The van der Waals surface area contributed by atoms with Crippen LogP contribution in [0.4, 0.5) is 0 Å². The van der Waals surface area contributed by atoms with Gasteiger partial charge in [-0.3, -0.25) is 0 Å². The Labute approximate surface area is 293 Å². The average Bonchev–Trinajstić information content (AvgIpc) is 3.48. The van der Waals surface area contributed by atoms with Crippen molar-refractivity contribution in [3.05, 3.63) is 139 Å². The molecule has 3 nitrogen and oxygen atoms in total. The second-order valence-electron chi connectivity index (χ2n) is 12.7. The van der Waals surface area contributed by atoms with Gasteiger partial charge in [0.05, 0.1) is 13.7 Å². The molecule has 3 heterocycles. The van der Waals surface area contributed by atoms with E-state index < -0.39 is 8.07 Å². The maximum absolute atomic E-state index is 6.38. The summed E-state index contributed by atoms with van der Waals surface area (Å²) in [7, 11) is -1.23. The summed E-state index contributed by atoms with van der Waals surface area (Å²) in [6, 6.07) is 44.0. The third-order valence-electron chi connectivity index (χ3n) is 8.65. The first-order valence-corrected chi connectivity index (χ1v) is 19.7. The normalized spacial score (nSPS) is 11.3. The fraction of sp³-hybridized carbons (Fsp3) is 0.190. The Morgan fingerprint density at radius 2 is 1.49 bits per heavy atom. The topological polar surface area (TPSA) is 38.9 Å². The molecule has 0 saturated carbocycles. The van der Waals surface area contributed by atoms with Crippen LogP contribution in [-0.2, 0) is 20.1 Å². The van der Waals surface area contributed by atoms with E-state index in [-0.39, 0.29) is 20.1 Å². The van der Waals surface area contributed by atoms with Gasteiger partial charge in [0.2, 0.25) is 0 Å². The molecule has 7 rings (SSSR count). The van der Waals surface area contributed by atoms with E-state index in [0.29, 0.717) is 5.92 Å². The van der Waals surface area contributed by atoms with Crippen LogP contribution in [0.25, 0.3) is 55.6 Å². The number of benzene rings is 4. The number of hydrogen-bond donors (Lipinski definition) is 0. The minimum Gasteiger partial charge on any atom is -0.501 e. The van der Waals surface area contributed by atoms with Gasteiger partial charge in [0.15, 0.2) is 0 Å². The standard InChI is InChI=1S/C28H24NO.C14H16NSi.Ir/c1-3-19(4-2)22-15-16-29-26(17-22)25-12-8-11-24-23-14-13-21(18-27(23)30-28(24)25)20-9-6-5-7-10-20;1-16(2,3)13-9-10-14(15-11-13)12-7-5-4-6-8-12;/h5-11,13-19H,3-4H2,1-2H3;4-7,9-11H,1-3H3;/q2*-1;. The summed E-state index contributed by atoms with van der Waals surface area (Å²) < 4.78 is 6.38. The summed E-state index contributed by atoms with van der Waals surface area (Å²) in [6.45, 7) is 11.5. The molecular weight excluding hydrogens is 769 g/mol. The van der Waals surface area contributed by atoms with E-state index in [1.54, 1.807) is 0 Å². The Morgan fingerprint density at radius 3 is 2.17 bits per heavy atom. The number of nitrogens with zero attached hydrogens (tertiary/aromatic N) is 2. The van der Waals surface area contributed by atoms with Crippen molar-refractivity contribution in [1.29, 1.82) is 0 Å². The maximum atomic E-state index is 6.38. The Hall–Kier alpha value is -4.15. The molecule has 0 amide bonds. The molecule has 7 aromatic rings. The van der Waals surface area contributed by atoms with Gasteiger partial charge in [-0.15, -0.1) is 54.1 Å². The number of furan rings is 1. The van der Waals surface area contributed by atoms with Gasteiger partial charge in [0, 0.05) is 37.9 Å². The maximum Gasteiger partial charge on any atom is 0.121 e.